The molecule has 4 aliphatic carbocycles. The van der Waals surface area contributed by atoms with E-state index in [9.17, 15) is 10.1 Å². The van der Waals surface area contributed by atoms with E-state index in [2.05, 4.69) is 22.5 Å². The Labute approximate surface area is 154 Å². The molecule has 136 valence electrons. The van der Waals surface area contributed by atoms with E-state index in [4.69, 9.17) is 0 Å². The number of nitrogens with one attached hydrogen (secondary N) is 2. The van der Waals surface area contributed by atoms with Crippen molar-refractivity contribution in [2.24, 2.45) is 23.2 Å². The number of rotatable bonds is 5. The van der Waals surface area contributed by atoms with E-state index in [1.807, 2.05) is 18.2 Å². The lowest BCUT2D eigenvalue weighted by Gasteiger charge is -2.59. The summed E-state index contributed by atoms with van der Waals surface area (Å²) < 4.78 is 0. The van der Waals surface area contributed by atoms with E-state index in [1.165, 1.54) is 44.7 Å². The normalized spacial score (nSPS) is 33.4. The van der Waals surface area contributed by atoms with Crippen LogP contribution in [0.2, 0.25) is 0 Å². The van der Waals surface area contributed by atoms with Crippen LogP contribution in [0.4, 0.5) is 5.82 Å². The predicted octanol–water partition coefficient (Wildman–Crippen LogP) is 3.62. The molecule has 1 aromatic heterocycles. The summed E-state index contributed by atoms with van der Waals surface area (Å²) in [6, 6.07) is 7.58. The average Bonchev–Trinajstić information content (AvgIpc) is 2.62. The molecule has 1 unspecified atom stereocenters. The molecule has 1 atom stereocenters. The molecule has 2 N–H and O–H groups in total. The van der Waals surface area contributed by atoms with E-state index in [1.54, 1.807) is 12.3 Å². The number of hydrogen-bond donors (Lipinski definition) is 2. The van der Waals surface area contributed by atoms with Crippen molar-refractivity contribution in [1.29, 1.82) is 5.26 Å². The third-order valence-electron chi connectivity index (χ3n) is 6.75. The topological polar surface area (TPSA) is 77.8 Å². The van der Waals surface area contributed by atoms with Crippen LogP contribution in [0.15, 0.2) is 36.2 Å². The zero-order valence-corrected chi connectivity index (χ0v) is 15.2. The molecule has 26 heavy (non-hydrogen) atoms. The van der Waals surface area contributed by atoms with Gasteiger partial charge in [0.15, 0.2) is 0 Å². The summed E-state index contributed by atoms with van der Waals surface area (Å²) in [5, 5.41) is 15.4. The van der Waals surface area contributed by atoms with Crippen molar-refractivity contribution in [3.63, 3.8) is 0 Å². The molecule has 4 fully saturated rings. The number of anilines is 1. The predicted molar refractivity (Wildman–Crippen MR) is 99.8 cm³/mol. The Morgan fingerprint density at radius 3 is 2.46 bits per heavy atom. The van der Waals surface area contributed by atoms with Crippen LogP contribution < -0.4 is 10.6 Å². The number of pyridine rings is 1. The largest absolute Gasteiger partial charge is 0.348 e. The number of carbonyl (C=O) groups is 1. The molecule has 4 aliphatic rings. The molecule has 4 saturated carbocycles. The van der Waals surface area contributed by atoms with Gasteiger partial charge in [-0.25, -0.2) is 4.98 Å². The van der Waals surface area contributed by atoms with Crippen molar-refractivity contribution in [3.8, 4) is 6.07 Å². The van der Waals surface area contributed by atoms with Crippen molar-refractivity contribution < 1.29 is 4.79 Å². The molecule has 0 spiro atoms. The summed E-state index contributed by atoms with van der Waals surface area (Å²) >= 11 is 0. The van der Waals surface area contributed by atoms with Crippen molar-refractivity contribution in [2.75, 3.05) is 5.32 Å². The van der Waals surface area contributed by atoms with Crippen LogP contribution >= 0.6 is 0 Å². The first-order valence-electron chi connectivity index (χ1n) is 9.67. The number of amides is 1. The maximum Gasteiger partial charge on any atom is 0.263 e. The highest BCUT2D eigenvalue weighted by Gasteiger charge is 2.53. The third kappa shape index (κ3) is 3.21. The fourth-order valence-electron chi connectivity index (χ4n) is 5.88. The Balaban J connectivity index is 1.42. The highest BCUT2D eigenvalue weighted by Crippen LogP contribution is 2.61. The van der Waals surface area contributed by atoms with Gasteiger partial charge in [0, 0.05) is 18.4 Å². The lowest BCUT2D eigenvalue weighted by atomic mass is 9.48. The highest BCUT2D eigenvalue weighted by atomic mass is 16.1. The Hall–Kier alpha value is -2.35. The number of nitriles is 1. The van der Waals surface area contributed by atoms with Crippen LogP contribution in [0.3, 0.4) is 0 Å². The molecule has 5 rings (SSSR count). The first-order valence-corrected chi connectivity index (χ1v) is 9.67. The van der Waals surface area contributed by atoms with Gasteiger partial charge in [-0.05, 0) is 80.8 Å². The minimum Gasteiger partial charge on any atom is -0.348 e. The van der Waals surface area contributed by atoms with Gasteiger partial charge in [0.05, 0.1) is 0 Å². The summed E-state index contributed by atoms with van der Waals surface area (Å²) in [6.45, 7) is 2.13. The van der Waals surface area contributed by atoms with E-state index in [0.717, 1.165) is 17.8 Å². The van der Waals surface area contributed by atoms with Crippen molar-refractivity contribution in [1.82, 2.24) is 10.3 Å². The zero-order valence-electron chi connectivity index (χ0n) is 15.2. The van der Waals surface area contributed by atoms with Crippen molar-refractivity contribution in [3.05, 3.63) is 36.2 Å². The van der Waals surface area contributed by atoms with Gasteiger partial charge in [0.1, 0.15) is 17.5 Å². The zero-order chi connectivity index (χ0) is 18.1. The van der Waals surface area contributed by atoms with Crippen LogP contribution in [0.25, 0.3) is 0 Å². The Morgan fingerprint density at radius 2 is 1.92 bits per heavy atom. The van der Waals surface area contributed by atoms with Crippen LogP contribution in [0, 0.1) is 34.5 Å². The van der Waals surface area contributed by atoms with Crippen molar-refractivity contribution in [2.45, 2.75) is 51.5 Å². The molecule has 5 nitrogen and oxygen atoms in total. The molecule has 0 radical (unpaired) electrons. The molecule has 1 heterocycles. The molecular formula is C21H26N4O. The first kappa shape index (κ1) is 17.1. The average molecular weight is 350 g/mol. The van der Waals surface area contributed by atoms with E-state index in [-0.39, 0.29) is 22.9 Å². The minimum absolute atomic E-state index is 0.0900. The van der Waals surface area contributed by atoms with Gasteiger partial charge in [0.2, 0.25) is 0 Å². The molecule has 1 aromatic rings. The van der Waals surface area contributed by atoms with Crippen LogP contribution in [0.1, 0.15) is 45.4 Å². The summed E-state index contributed by atoms with van der Waals surface area (Å²) in [6.07, 6.45) is 11.0. The third-order valence-corrected chi connectivity index (χ3v) is 6.75. The highest BCUT2D eigenvalue weighted by molar-refractivity contribution is 5.97. The number of hydrogen-bond acceptors (Lipinski definition) is 4. The van der Waals surface area contributed by atoms with E-state index in [0.29, 0.717) is 5.82 Å². The van der Waals surface area contributed by atoms with E-state index >= 15 is 0 Å². The quantitative estimate of drug-likeness (QED) is 0.628. The second kappa shape index (κ2) is 6.75. The summed E-state index contributed by atoms with van der Waals surface area (Å²) in [7, 11) is 0. The molecule has 1 amide bonds. The Morgan fingerprint density at radius 1 is 1.27 bits per heavy atom. The molecular weight excluding hydrogens is 324 g/mol. The maximum atomic E-state index is 12.6. The number of aromatic nitrogens is 1. The van der Waals surface area contributed by atoms with Crippen LogP contribution in [0.5, 0.6) is 0 Å². The monoisotopic (exact) mass is 350 g/mol. The van der Waals surface area contributed by atoms with Crippen molar-refractivity contribution >= 4 is 11.7 Å². The van der Waals surface area contributed by atoms with Gasteiger partial charge in [-0.3, -0.25) is 4.79 Å². The fourth-order valence-corrected chi connectivity index (χ4v) is 5.88. The van der Waals surface area contributed by atoms with Gasteiger partial charge >= 0.3 is 0 Å². The molecule has 0 aromatic carbocycles. The standard InChI is InChI=1S/C21H26N4O/c1-14(21-9-15-6-16(10-21)8-17(7-15)11-21)25-20(26)18(12-22)13-24-19-4-2-3-5-23-19/h2-5,13-17H,6-11H2,1H3,(H,23,24)(H,25,26)/b18-13-. The maximum absolute atomic E-state index is 12.6. The van der Waals surface area contributed by atoms with Gasteiger partial charge in [-0.15, -0.1) is 0 Å². The lowest BCUT2D eigenvalue weighted by Crippen LogP contribution is -2.56. The summed E-state index contributed by atoms with van der Waals surface area (Å²) in [5.74, 6) is 2.86. The van der Waals surface area contributed by atoms with Gasteiger partial charge in [-0.2, -0.15) is 5.26 Å². The fraction of sp³-hybridized carbons (Fsp3) is 0.571. The Kier molecular flexibility index (Phi) is 4.44. The van der Waals surface area contributed by atoms with Gasteiger partial charge in [0.25, 0.3) is 5.91 Å². The second-order valence-electron chi connectivity index (χ2n) is 8.50. The van der Waals surface area contributed by atoms with Gasteiger partial charge < -0.3 is 10.6 Å². The van der Waals surface area contributed by atoms with Crippen LogP contribution in [-0.2, 0) is 4.79 Å². The first-order chi connectivity index (χ1) is 12.6. The second-order valence-corrected chi connectivity index (χ2v) is 8.50. The molecule has 0 aliphatic heterocycles. The minimum atomic E-state index is -0.292. The molecule has 4 bridgehead atoms. The Bertz CT molecular complexity index is 714. The molecule has 5 heteroatoms. The number of carbonyl (C=O) groups excluding carboxylic acids is 1. The van der Waals surface area contributed by atoms with Gasteiger partial charge in [-0.1, -0.05) is 6.07 Å². The van der Waals surface area contributed by atoms with Crippen LogP contribution in [-0.4, -0.2) is 16.9 Å². The summed E-state index contributed by atoms with van der Waals surface area (Å²) in [5.41, 5.74) is 0.326. The lowest BCUT2D eigenvalue weighted by molar-refractivity contribution is -0.122. The smallest absolute Gasteiger partial charge is 0.263 e. The SMILES string of the molecule is CC(NC(=O)/C(C#N)=C\Nc1ccccn1)C12CC3CC(CC(C3)C1)C2. The van der Waals surface area contributed by atoms with E-state index < -0.39 is 0 Å². The summed E-state index contributed by atoms with van der Waals surface area (Å²) in [4.78, 5) is 16.8. The number of nitrogens with zero attached hydrogens (tertiary/aromatic N) is 2. The molecule has 0 saturated heterocycles.